The zero-order valence-corrected chi connectivity index (χ0v) is 5.26. The quantitative estimate of drug-likeness (QED) is 0.447. The van der Waals surface area contributed by atoms with Crippen LogP contribution in [0.15, 0.2) is 18.2 Å². The summed E-state index contributed by atoms with van der Waals surface area (Å²) in [5.41, 5.74) is 5.80. The molecule has 0 saturated heterocycles. The first kappa shape index (κ1) is 6.74. The van der Waals surface area contributed by atoms with Gasteiger partial charge in [-0.15, -0.1) is 0 Å². The van der Waals surface area contributed by atoms with Crippen molar-refractivity contribution in [3.63, 3.8) is 0 Å². The van der Waals surface area contributed by atoms with Crippen LogP contribution in [0.1, 0.15) is 5.56 Å². The molecule has 52 valence electrons. The molecule has 0 atom stereocenters. The van der Waals surface area contributed by atoms with E-state index in [1.807, 2.05) is 0 Å². The molecule has 1 aromatic carbocycles. The van der Waals surface area contributed by atoms with Crippen molar-refractivity contribution < 1.29 is 4.39 Å². The average molecular weight is 138 g/mol. The first-order valence-electron chi connectivity index (χ1n) is 2.80. The van der Waals surface area contributed by atoms with Crippen LogP contribution in [0.5, 0.6) is 0 Å². The maximum absolute atomic E-state index is 12.6. The van der Waals surface area contributed by atoms with E-state index in [-0.39, 0.29) is 5.56 Å². The lowest BCUT2D eigenvalue weighted by Crippen LogP contribution is -1.95. The van der Waals surface area contributed by atoms with E-state index in [4.69, 9.17) is 11.1 Å². The van der Waals surface area contributed by atoms with Gasteiger partial charge in [0.25, 0.3) is 0 Å². The minimum atomic E-state index is -0.449. The Morgan fingerprint density at radius 2 is 2.20 bits per heavy atom. The van der Waals surface area contributed by atoms with Gasteiger partial charge < -0.3 is 11.1 Å². The number of nitrogens with one attached hydrogen (secondary N) is 1. The minimum absolute atomic E-state index is 0.155. The maximum Gasteiger partial charge on any atom is 0.134 e. The Morgan fingerprint density at radius 1 is 1.50 bits per heavy atom. The number of halogens is 1. The molecule has 0 aliphatic rings. The molecule has 0 aliphatic heterocycles. The number of anilines is 1. The van der Waals surface area contributed by atoms with Gasteiger partial charge in [0.1, 0.15) is 5.82 Å². The maximum atomic E-state index is 12.6. The molecule has 0 aliphatic carbocycles. The number of nitrogens with two attached hydrogens (primary N) is 1. The van der Waals surface area contributed by atoms with Crippen LogP contribution in [0.2, 0.25) is 0 Å². The molecule has 3 N–H and O–H groups in total. The van der Waals surface area contributed by atoms with Crippen LogP contribution in [0, 0.1) is 11.2 Å². The molecular weight excluding hydrogens is 131 g/mol. The van der Waals surface area contributed by atoms with E-state index in [1.165, 1.54) is 12.1 Å². The van der Waals surface area contributed by atoms with Crippen LogP contribution in [0.25, 0.3) is 0 Å². The van der Waals surface area contributed by atoms with Gasteiger partial charge in [0, 0.05) is 11.9 Å². The standard InChI is InChI=1S/C7H7FN2/c8-6-2-1-3-7(10)5(6)4-9/h1-4,9H,10H2. The Labute approximate surface area is 58.0 Å². The van der Waals surface area contributed by atoms with Crippen LogP contribution >= 0.6 is 0 Å². The second kappa shape index (κ2) is 2.47. The molecule has 0 unspecified atom stereocenters. The molecule has 0 amide bonds. The second-order valence-electron chi connectivity index (χ2n) is 1.89. The minimum Gasteiger partial charge on any atom is -0.398 e. The monoisotopic (exact) mass is 138 g/mol. The Kier molecular flexibility index (Phi) is 1.67. The summed E-state index contributed by atoms with van der Waals surface area (Å²) in [6.07, 6.45) is 0.907. The van der Waals surface area contributed by atoms with Gasteiger partial charge >= 0.3 is 0 Å². The van der Waals surface area contributed by atoms with E-state index in [2.05, 4.69) is 0 Å². The predicted octanol–water partition coefficient (Wildman–Crippen LogP) is 1.41. The summed E-state index contributed by atoms with van der Waals surface area (Å²) < 4.78 is 12.6. The fraction of sp³-hybridized carbons (Fsp3) is 0. The van der Waals surface area contributed by atoms with E-state index in [0.29, 0.717) is 5.69 Å². The van der Waals surface area contributed by atoms with Crippen LogP contribution in [0.4, 0.5) is 10.1 Å². The van der Waals surface area contributed by atoms with Crippen molar-refractivity contribution in [3.8, 4) is 0 Å². The van der Waals surface area contributed by atoms with Crippen molar-refractivity contribution in [2.24, 2.45) is 0 Å². The van der Waals surface area contributed by atoms with Gasteiger partial charge in [0.05, 0.1) is 5.56 Å². The third-order valence-electron chi connectivity index (χ3n) is 1.23. The molecule has 0 aromatic heterocycles. The highest BCUT2D eigenvalue weighted by Gasteiger charge is 2.00. The molecule has 0 bridgehead atoms. The van der Waals surface area contributed by atoms with E-state index in [9.17, 15) is 4.39 Å². The first-order valence-corrected chi connectivity index (χ1v) is 2.80. The summed E-state index contributed by atoms with van der Waals surface area (Å²) in [6, 6.07) is 4.35. The molecule has 0 fully saturated rings. The Morgan fingerprint density at radius 3 is 2.60 bits per heavy atom. The van der Waals surface area contributed by atoms with Crippen molar-refractivity contribution in [2.75, 3.05) is 5.73 Å². The van der Waals surface area contributed by atoms with Gasteiger partial charge in [-0.25, -0.2) is 4.39 Å². The fourth-order valence-electron chi connectivity index (χ4n) is 0.706. The Bertz CT molecular complexity index is 238. The van der Waals surface area contributed by atoms with Crippen molar-refractivity contribution in [2.45, 2.75) is 0 Å². The van der Waals surface area contributed by atoms with E-state index < -0.39 is 5.82 Å². The van der Waals surface area contributed by atoms with E-state index >= 15 is 0 Å². The highest BCUT2D eigenvalue weighted by molar-refractivity contribution is 5.84. The van der Waals surface area contributed by atoms with Gasteiger partial charge in [-0.2, -0.15) is 0 Å². The Balaban J connectivity index is 3.30. The van der Waals surface area contributed by atoms with Gasteiger partial charge in [-0.05, 0) is 12.1 Å². The molecule has 0 heterocycles. The molecule has 2 nitrogen and oxygen atoms in total. The highest BCUT2D eigenvalue weighted by atomic mass is 19.1. The van der Waals surface area contributed by atoms with Crippen LogP contribution < -0.4 is 5.73 Å². The third kappa shape index (κ3) is 0.978. The first-order chi connectivity index (χ1) is 4.75. The van der Waals surface area contributed by atoms with Crippen LogP contribution in [-0.4, -0.2) is 6.21 Å². The van der Waals surface area contributed by atoms with E-state index in [0.717, 1.165) is 6.21 Å². The smallest absolute Gasteiger partial charge is 0.134 e. The van der Waals surface area contributed by atoms with Crippen molar-refractivity contribution in [1.29, 1.82) is 5.41 Å². The summed E-state index contributed by atoms with van der Waals surface area (Å²) >= 11 is 0. The fourth-order valence-corrected chi connectivity index (χ4v) is 0.706. The van der Waals surface area contributed by atoms with Crippen molar-refractivity contribution >= 4 is 11.9 Å². The van der Waals surface area contributed by atoms with Crippen molar-refractivity contribution in [1.82, 2.24) is 0 Å². The molecule has 1 rings (SSSR count). The van der Waals surface area contributed by atoms with Crippen LogP contribution in [0.3, 0.4) is 0 Å². The SMILES string of the molecule is N=Cc1c(N)cccc1F. The Hall–Kier alpha value is -1.38. The molecule has 0 spiro atoms. The van der Waals surface area contributed by atoms with Crippen LogP contribution in [-0.2, 0) is 0 Å². The van der Waals surface area contributed by atoms with Crippen molar-refractivity contribution in [3.05, 3.63) is 29.6 Å². The van der Waals surface area contributed by atoms with Gasteiger partial charge in [0.2, 0.25) is 0 Å². The number of rotatable bonds is 1. The number of hydrogen-bond acceptors (Lipinski definition) is 2. The van der Waals surface area contributed by atoms with Gasteiger partial charge in [-0.1, -0.05) is 6.07 Å². The molecule has 1 aromatic rings. The molecule has 0 saturated carbocycles. The summed E-state index contributed by atoms with van der Waals surface area (Å²) in [4.78, 5) is 0. The third-order valence-corrected chi connectivity index (χ3v) is 1.23. The van der Waals surface area contributed by atoms with E-state index in [1.54, 1.807) is 6.07 Å². The summed E-state index contributed by atoms with van der Waals surface area (Å²) in [7, 11) is 0. The molecule has 3 heteroatoms. The predicted molar refractivity (Wildman–Crippen MR) is 38.7 cm³/mol. The average Bonchev–Trinajstić information content (AvgIpc) is 1.88. The number of benzene rings is 1. The van der Waals surface area contributed by atoms with Gasteiger partial charge in [0.15, 0.2) is 0 Å². The lowest BCUT2D eigenvalue weighted by atomic mass is 10.2. The zero-order valence-electron chi connectivity index (χ0n) is 5.26. The highest BCUT2D eigenvalue weighted by Crippen LogP contribution is 2.11. The summed E-state index contributed by atoms with van der Waals surface area (Å²) in [5.74, 6) is -0.449. The lowest BCUT2D eigenvalue weighted by molar-refractivity contribution is 0.626. The topological polar surface area (TPSA) is 49.9 Å². The van der Waals surface area contributed by atoms with Gasteiger partial charge in [-0.3, -0.25) is 0 Å². The molecule has 10 heavy (non-hydrogen) atoms. The number of nitrogen functional groups attached to an aromatic ring is 1. The number of hydrogen-bond donors (Lipinski definition) is 2. The summed E-state index contributed by atoms with van der Waals surface area (Å²) in [6.45, 7) is 0. The largest absolute Gasteiger partial charge is 0.398 e. The zero-order chi connectivity index (χ0) is 7.56. The lowest BCUT2D eigenvalue weighted by Gasteiger charge is -1.97. The molecular formula is C7H7FN2. The normalized spacial score (nSPS) is 9.30. The summed E-state index contributed by atoms with van der Waals surface area (Å²) in [5, 5.41) is 6.78. The molecule has 0 radical (unpaired) electrons. The second-order valence-corrected chi connectivity index (χ2v) is 1.89.